The van der Waals surface area contributed by atoms with Crippen molar-refractivity contribution in [1.29, 1.82) is 0 Å². The predicted octanol–water partition coefficient (Wildman–Crippen LogP) is 3.66. The molecule has 0 saturated carbocycles. The zero-order chi connectivity index (χ0) is 14.5. The molecule has 0 N–H and O–H groups in total. The first-order valence-corrected chi connectivity index (χ1v) is 6.74. The molecule has 0 spiro atoms. The molecule has 3 heteroatoms. The van der Waals surface area contributed by atoms with Crippen LogP contribution in [0.3, 0.4) is 0 Å². The van der Waals surface area contributed by atoms with Gasteiger partial charge in [0.2, 0.25) is 0 Å². The van der Waals surface area contributed by atoms with Gasteiger partial charge in [0.25, 0.3) is 0 Å². The first-order valence-electron chi connectivity index (χ1n) is 6.74. The molecular formula is C16H24O3. The Labute approximate surface area is 115 Å². The van der Waals surface area contributed by atoms with E-state index in [1.807, 2.05) is 46.8 Å². The van der Waals surface area contributed by atoms with Gasteiger partial charge in [0, 0.05) is 0 Å². The van der Waals surface area contributed by atoms with E-state index in [0.717, 1.165) is 11.3 Å². The summed E-state index contributed by atoms with van der Waals surface area (Å²) in [7, 11) is 0. The van der Waals surface area contributed by atoms with Gasteiger partial charge >= 0.3 is 5.97 Å². The van der Waals surface area contributed by atoms with Crippen molar-refractivity contribution in [3.05, 3.63) is 29.3 Å². The van der Waals surface area contributed by atoms with Crippen LogP contribution in [0.4, 0.5) is 0 Å². The van der Waals surface area contributed by atoms with E-state index in [-0.39, 0.29) is 5.97 Å². The summed E-state index contributed by atoms with van der Waals surface area (Å²) >= 11 is 0. The largest absolute Gasteiger partial charge is 0.493 e. The number of esters is 1. The molecule has 0 heterocycles. The molecule has 0 aliphatic heterocycles. The van der Waals surface area contributed by atoms with Gasteiger partial charge in [-0.2, -0.15) is 0 Å². The summed E-state index contributed by atoms with van der Waals surface area (Å²) in [6, 6.07) is 6.12. The van der Waals surface area contributed by atoms with Crippen LogP contribution < -0.4 is 4.74 Å². The van der Waals surface area contributed by atoms with Crippen LogP contribution in [0.15, 0.2) is 18.2 Å². The summed E-state index contributed by atoms with van der Waals surface area (Å²) in [4.78, 5) is 11.8. The lowest BCUT2D eigenvalue weighted by Gasteiger charge is -2.22. The van der Waals surface area contributed by atoms with E-state index in [1.165, 1.54) is 5.56 Å². The average molecular weight is 264 g/mol. The Morgan fingerprint density at radius 3 is 2.58 bits per heavy atom. The summed E-state index contributed by atoms with van der Waals surface area (Å²) in [6.45, 7) is 10.6. The lowest BCUT2D eigenvalue weighted by molar-refractivity contribution is -0.154. The van der Waals surface area contributed by atoms with E-state index in [9.17, 15) is 4.79 Å². The summed E-state index contributed by atoms with van der Waals surface area (Å²) in [5, 5.41) is 0. The summed E-state index contributed by atoms with van der Waals surface area (Å²) in [6.07, 6.45) is 0.638. The van der Waals surface area contributed by atoms with E-state index in [4.69, 9.17) is 9.47 Å². The highest BCUT2D eigenvalue weighted by Gasteiger charge is 2.28. The SMILES string of the molecule is CCOC(=O)C(C)(C)CCOc1cc(C)ccc1C. The molecule has 0 aliphatic rings. The van der Waals surface area contributed by atoms with Gasteiger partial charge in [-0.1, -0.05) is 12.1 Å². The Bertz CT molecular complexity index is 436. The second-order valence-electron chi connectivity index (χ2n) is 5.47. The van der Waals surface area contributed by atoms with Gasteiger partial charge in [-0.05, 0) is 58.2 Å². The van der Waals surface area contributed by atoms with Gasteiger partial charge in [0.15, 0.2) is 0 Å². The minimum Gasteiger partial charge on any atom is -0.493 e. The molecule has 0 aromatic heterocycles. The van der Waals surface area contributed by atoms with Crippen molar-refractivity contribution in [1.82, 2.24) is 0 Å². The van der Waals surface area contributed by atoms with Crippen LogP contribution in [0.5, 0.6) is 5.75 Å². The minimum atomic E-state index is -0.506. The molecular weight excluding hydrogens is 240 g/mol. The number of hydrogen-bond acceptors (Lipinski definition) is 3. The molecule has 1 aromatic rings. The van der Waals surface area contributed by atoms with E-state index in [1.54, 1.807) is 0 Å². The molecule has 0 unspecified atom stereocenters. The fourth-order valence-corrected chi connectivity index (χ4v) is 1.71. The number of benzene rings is 1. The predicted molar refractivity (Wildman–Crippen MR) is 76.4 cm³/mol. The zero-order valence-electron chi connectivity index (χ0n) is 12.6. The molecule has 1 aromatic carbocycles. The van der Waals surface area contributed by atoms with Crippen LogP contribution in [0.1, 0.15) is 38.3 Å². The van der Waals surface area contributed by atoms with E-state index in [2.05, 4.69) is 6.07 Å². The molecule has 0 bridgehead atoms. The van der Waals surface area contributed by atoms with Crippen molar-refractivity contribution in [2.45, 2.75) is 41.0 Å². The molecule has 106 valence electrons. The molecule has 19 heavy (non-hydrogen) atoms. The number of carbonyl (C=O) groups excluding carboxylic acids is 1. The molecule has 3 nitrogen and oxygen atoms in total. The number of ether oxygens (including phenoxy) is 2. The lowest BCUT2D eigenvalue weighted by Crippen LogP contribution is -2.28. The molecule has 0 saturated heterocycles. The molecule has 1 rings (SSSR count). The van der Waals surface area contributed by atoms with Crippen LogP contribution in [0, 0.1) is 19.3 Å². The Balaban J connectivity index is 2.54. The molecule has 0 aliphatic carbocycles. The Hall–Kier alpha value is -1.51. The van der Waals surface area contributed by atoms with Crippen LogP contribution >= 0.6 is 0 Å². The molecule has 0 amide bonds. The highest BCUT2D eigenvalue weighted by Crippen LogP contribution is 2.24. The maximum absolute atomic E-state index is 11.8. The summed E-state index contributed by atoms with van der Waals surface area (Å²) in [5.74, 6) is 0.722. The highest BCUT2D eigenvalue weighted by molar-refractivity contribution is 5.75. The second-order valence-corrected chi connectivity index (χ2v) is 5.47. The van der Waals surface area contributed by atoms with Crippen LogP contribution in [-0.4, -0.2) is 19.2 Å². The van der Waals surface area contributed by atoms with Gasteiger partial charge in [-0.3, -0.25) is 4.79 Å². The lowest BCUT2D eigenvalue weighted by atomic mass is 9.90. The second kappa shape index (κ2) is 6.60. The standard InChI is InChI=1S/C16H24O3/c1-6-18-15(17)16(4,5)9-10-19-14-11-12(2)7-8-13(14)3/h7-8,11H,6,9-10H2,1-5H3. The van der Waals surface area contributed by atoms with E-state index >= 15 is 0 Å². The average Bonchev–Trinajstić information content (AvgIpc) is 2.33. The van der Waals surface area contributed by atoms with Crippen molar-refractivity contribution in [3.63, 3.8) is 0 Å². The zero-order valence-corrected chi connectivity index (χ0v) is 12.6. The van der Waals surface area contributed by atoms with Crippen LogP contribution in [0.25, 0.3) is 0 Å². The maximum atomic E-state index is 11.8. The van der Waals surface area contributed by atoms with Gasteiger partial charge in [0.1, 0.15) is 5.75 Å². The summed E-state index contributed by atoms with van der Waals surface area (Å²) in [5.41, 5.74) is 1.78. The highest BCUT2D eigenvalue weighted by atomic mass is 16.5. The van der Waals surface area contributed by atoms with Crippen LogP contribution in [-0.2, 0) is 9.53 Å². The monoisotopic (exact) mass is 264 g/mol. The minimum absolute atomic E-state index is 0.167. The van der Waals surface area contributed by atoms with Crippen molar-refractivity contribution in [2.24, 2.45) is 5.41 Å². The van der Waals surface area contributed by atoms with E-state index < -0.39 is 5.41 Å². The smallest absolute Gasteiger partial charge is 0.311 e. The number of hydrogen-bond donors (Lipinski definition) is 0. The number of aryl methyl sites for hydroxylation is 2. The van der Waals surface area contributed by atoms with Gasteiger partial charge in [-0.25, -0.2) is 0 Å². The Morgan fingerprint density at radius 2 is 1.95 bits per heavy atom. The number of rotatable bonds is 6. The normalized spacial score (nSPS) is 11.2. The van der Waals surface area contributed by atoms with Crippen molar-refractivity contribution < 1.29 is 14.3 Å². The van der Waals surface area contributed by atoms with Gasteiger partial charge in [-0.15, -0.1) is 0 Å². The quantitative estimate of drug-likeness (QED) is 0.735. The van der Waals surface area contributed by atoms with Crippen molar-refractivity contribution in [3.8, 4) is 5.75 Å². The fraction of sp³-hybridized carbons (Fsp3) is 0.562. The summed E-state index contributed by atoms with van der Waals surface area (Å²) < 4.78 is 10.8. The topological polar surface area (TPSA) is 35.5 Å². The maximum Gasteiger partial charge on any atom is 0.311 e. The number of carbonyl (C=O) groups is 1. The third kappa shape index (κ3) is 4.58. The van der Waals surface area contributed by atoms with Crippen LogP contribution in [0.2, 0.25) is 0 Å². The fourth-order valence-electron chi connectivity index (χ4n) is 1.71. The molecule has 0 fully saturated rings. The third-order valence-corrected chi connectivity index (χ3v) is 3.16. The van der Waals surface area contributed by atoms with Gasteiger partial charge < -0.3 is 9.47 Å². The first kappa shape index (κ1) is 15.5. The molecule has 0 radical (unpaired) electrons. The third-order valence-electron chi connectivity index (χ3n) is 3.16. The van der Waals surface area contributed by atoms with Gasteiger partial charge in [0.05, 0.1) is 18.6 Å². The van der Waals surface area contributed by atoms with Crippen molar-refractivity contribution in [2.75, 3.05) is 13.2 Å². The Kier molecular flexibility index (Phi) is 5.40. The molecule has 0 atom stereocenters. The first-order chi connectivity index (χ1) is 8.86. The van der Waals surface area contributed by atoms with Crippen molar-refractivity contribution >= 4 is 5.97 Å². The van der Waals surface area contributed by atoms with E-state index in [0.29, 0.717) is 19.6 Å². The Morgan fingerprint density at radius 1 is 1.26 bits per heavy atom.